The molecule has 0 aliphatic heterocycles. The topological polar surface area (TPSA) is 38.2 Å². The van der Waals surface area contributed by atoms with Gasteiger partial charge in [0.2, 0.25) is 0 Å². The van der Waals surface area contributed by atoms with Crippen molar-refractivity contribution in [2.75, 3.05) is 25.1 Å². The first-order chi connectivity index (χ1) is 10.5. The highest BCUT2D eigenvalue weighted by Crippen LogP contribution is 2.17. The van der Waals surface area contributed by atoms with Crippen molar-refractivity contribution >= 4 is 5.82 Å². The van der Waals surface area contributed by atoms with E-state index in [0.29, 0.717) is 13.2 Å². The van der Waals surface area contributed by atoms with Crippen molar-refractivity contribution in [3.05, 3.63) is 47.7 Å². The zero-order valence-electron chi connectivity index (χ0n) is 13.5. The first kappa shape index (κ1) is 16.2. The Morgan fingerprint density at radius 2 is 1.95 bits per heavy atom. The Labute approximate surface area is 131 Å². The van der Waals surface area contributed by atoms with Crippen LogP contribution in [0.25, 0.3) is 0 Å². The van der Waals surface area contributed by atoms with E-state index in [-0.39, 0.29) is 17.5 Å². The summed E-state index contributed by atoms with van der Waals surface area (Å²) in [5.74, 6) is 1.90. The van der Waals surface area contributed by atoms with Crippen LogP contribution in [0.5, 0.6) is 5.75 Å². The minimum atomic E-state index is -0.342. The van der Waals surface area contributed by atoms with Gasteiger partial charge in [-0.25, -0.2) is 14.4 Å². The Bertz CT molecular complexity index is 631. The fourth-order valence-electron chi connectivity index (χ4n) is 2.00. The van der Waals surface area contributed by atoms with E-state index in [4.69, 9.17) is 4.74 Å². The van der Waals surface area contributed by atoms with Gasteiger partial charge in [0.1, 0.15) is 18.2 Å². The second kappa shape index (κ2) is 7.20. The van der Waals surface area contributed by atoms with Gasteiger partial charge in [-0.15, -0.1) is 0 Å². The predicted octanol–water partition coefficient (Wildman–Crippen LogP) is 3.56. The maximum atomic E-state index is 13.5. The SMILES string of the molecule is Cc1cc(N(C)CCOc2ccccc2F)nc(C(C)C)n1. The maximum Gasteiger partial charge on any atom is 0.165 e. The van der Waals surface area contributed by atoms with Crippen LogP contribution in [0, 0.1) is 12.7 Å². The lowest BCUT2D eigenvalue weighted by Crippen LogP contribution is -2.25. The molecule has 0 aliphatic rings. The molecule has 0 saturated heterocycles. The molecule has 0 saturated carbocycles. The third kappa shape index (κ3) is 4.16. The summed E-state index contributed by atoms with van der Waals surface area (Å²) in [4.78, 5) is 11.0. The molecule has 2 rings (SSSR count). The van der Waals surface area contributed by atoms with Gasteiger partial charge in [-0.3, -0.25) is 0 Å². The molecule has 22 heavy (non-hydrogen) atoms. The number of ether oxygens (including phenoxy) is 1. The van der Waals surface area contributed by atoms with E-state index < -0.39 is 0 Å². The van der Waals surface area contributed by atoms with Gasteiger partial charge >= 0.3 is 0 Å². The summed E-state index contributed by atoms with van der Waals surface area (Å²) in [6.45, 7) is 7.10. The monoisotopic (exact) mass is 303 g/mol. The number of benzene rings is 1. The van der Waals surface area contributed by atoms with Crippen LogP contribution >= 0.6 is 0 Å². The Balaban J connectivity index is 1.98. The Hall–Kier alpha value is -2.17. The second-order valence-corrected chi connectivity index (χ2v) is 5.58. The van der Waals surface area contributed by atoms with Crippen molar-refractivity contribution < 1.29 is 9.13 Å². The van der Waals surface area contributed by atoms with Crippen LogP contribution in [0.4, 0.5) is 10.2 Å². The summed E-state index contributed by atoms with van der Waals surface area (Å²) in [6, 6.07) is 8.36. The quantitative estimate of drug-likeness (QED) is 0.818. The number of para-hydroxylation sites is 1. The van der Waals surface area contributed by atoms with Gasteiger partial charge in [-0.1, -0.05) is 26.0 Å². The molecule has 118 valence electrons. The number of anilines is 1. The molecule has 0 spiro atoms. The molecule has 0 radical (unpaired) electrons. The lowest BCUT2D eigenvalue weighted by atomic mass is 10.2. The van der Waals surface area contributed by atoms with Gasteiger partial charge in [0.05, 0.1) is 6.54 Å². The average molecular weight is 303 g/mol. The lowest BCUT2D eigenvalue weighted by molar-refractivity contribution is 0.309. The zero-order valence-corrected chi connectivity index (χ0v) is 13.5. The summed E-state index contributed by atoms with van der Waals surface area (Å²) < 4.78 is 18.9. The van der Waals surface area contributed by atoms with Crippen molar-refractivity contribution in [1.29, 1.82) is 0 Å². The molecule has 5 heteroatoms. The fraction of sp³-hybridized carbons (Fsp3) is 0.412. The Morgan fingerprint density at radius 1 is 1.23 bits per heavy atom. The highest BCUT2D eigenvalue weighted by atomic mass is 19.1. The molecule has 1 aromatic heterocycles. The highest BCUT2D eigenvalue weighted by Gasteiger charge is 2.10. The third-order valence-electron chi connectivity index (χ3n) is 3.29. The highest BCUT2D eigenvalue weighted by molar-refractivity contribution is 5.39. The third-order valence-corrected chi connectivity index (χ3v) is 3.29. The molecule has 1 heterocycles. The standard InChI is InChI=1S/C17H22FN3O/c1-12(2)17-19-13(3)11-16(20-17)21(4)9-10-22-15-8-6-5-7-14(15)18/h5-8,11-12H,9-10H2,1-4H3. The molecular formula is C17H22FN3O. The van der Waals surface area contributed by atoms with Crippen molar-refractivity contribution in [1.82, 2.24) is 9.97 Å². The first-order valence-corrected chi connectivity index (χ1v) is 7.41. The molecule has 0 unspecified atom stereocenters. The molecule has 4 nitrogen and oxygen atoms in total. The van der Waals surface area contributed by atoms with Gasteiger partial charge in [-0.2, -0.15) is 0 Å². The van der Waals surface area contributed by atoms with Crippen molar-refractivity contribution in [2.45, 2.75) is 26.7 Å². The van der Waals surface area contributed by atoms with Gasteiger partial charge in [0, 0.05) is 24.7 Å². The maximum absolute atomic E-state index is 13.5. The van der Waals surface area contributed by atoms with E-state index >= 15 is 0 Å². The van der Waals surface area contributed by atoms with Crippen molar-refractivity contribution in [2.24, 2.45) is 0 Å². The minimum absolute atomic E-state index is 0.276. The van der Waals surface area contributed by atoms with Crippen LogP contribution in [0.15, 0.2) is 30.3 Å². The van der Waals surface area contributed by atoms with E-state index in [0.717, 1.165) is 17.3 Å². The number of rotatable bonds is 6. The largest absolute Gasteiger partial charge is 0.489 e. The number of nitrogens with zero attached hydrogens (tertiary/aromatic N) is 3. The number of likely N-dealkylation sites (N-methyl/N-ethyl adjacent to an activating group) is 1. The molecule has 1 aromatic carbocycles. The smallest absolute Gasteiger partial charge is 0.165 e. The molecular weight excluding hydrogens is 281 g/mol. The van der Waals surface area contributed by atoms with Gasteiger partial charge in [0.25, 0.3) is 0 Å². The number of aromatic nitrogens is 2. The summed E-state index contributed by atoms with van der Waals surface area (Å²) in [5.41, 5.74) is 0.940. The van der Waals surface area contributed by atoms with Crippen molar-refractivity contribution in [3.63, 3.8) is 0 Å². The van der Waals surface area contributed by atoms with Crippen LogP contribution in [0.2, 0.25) is 0 Å². The van der Waals surface area contributed by atoms with E-state index in [2.05, 4.69) is 23.8 Å². The van der Waals surface area contributed by atoms with Gasteiger partial charge in [0.15, 0.2) is 11.6 Å². The summed E-state index contributed by atoms with van der Waals surface area (Å²) in [6.07, 6.45) is 0. The second-order valence-electron chi connectivity index (χ2n) is 5.58. The van der Waals surface area contributed by atoms with E-state index in [1.807, 2.05) is 24.9 Å². The van der Waals surface area contributed by atoms with E-state index in [1.54, 1.807) is 18.2 Å². The average Bonchev–Trinajstić information content (AvgIpc) is 2.48. The normalized spacial score (nSPS) is 10.8. The Kier molecular flexibility index (Phi) is 5.31. The molecule has 0 N–H and O–H groups in total. The van der Waals surface area contributed by atoms with Crippen LogP contribution in [-0.2, 0) is 0 Å². The summed E-state index contributed by atoms with van der Waals surface area (Å²) >= 11 is 0. The van der Waals surface area contributed by atoms with Gasteiger partial charge in [-0.05, 0) is 19.1 Å². The molecule has 2 aromatic rings. The first-order valence-electron chi connectivity index (χ1n) is 7.41. The molecule has 0 amide bonds. The predicted molar refractivity (Wildman–Crippen MR) is 86.0 cm³/mol. The fourth-order valence-corrected chi connectivity index (χ4v) is 2.00. The van der Waals surface area contributed by atoms with Crippen LogP contribution in [0.3, 0.4) is 0 Å². The minimum Gasteiger partial charge on any atom is -0.489 e. The van der Waals surface area contributed by atoms with Crippen molar-refractivity contribution in [3.8, 4) is 5.75 Å². The van der Waals surface area contributed by atoms with Crippen LogP contribution in [-0.4, -0.2) is 30.2 Å². The number of hydrogen-bond donors (Lipinski definition) is 0. The van der Waals surface area contributed by atoms with Crippen LogP contribution in [0.1, 0.15) is 31.3 Å². The Morgan fingerprint density at radius 3 is 2.64 bits per heavy atom. The van der Waals surface area contributed by atoms with E-state index in [9.17, 15) is 4.39 Å². The number of aryl methyl sites for hydroxylation is 1. The zero-order chi connectivity index (χ0) is 16.1. The number of halogens is 1. The van der Waals surface area contributed by atoms with E-state index in [1.165, 1.54) is 6.07 Å². The summed E-state index contributed by atoms with van der Waals surface area (Å²) in [7, 11) is 1.94. The lowest BCUT2D eigenvalue weighted by Gasteiger charge is -2.20. The van der Waals surface area contributed by atoms with Crippen LogP contribution < -0.4 is 9.64 Å². The summed E-state index contributed by atoms with van der Waals surface area (Å²) in [5, 5.41) is 0. The molecule has 0 fully saturated rings. The molecule has 0 bridgehead atoms. The number of hydrogen-bond acceptors (Lipinski definition) is 4. The molecule has 0 atom stereocenters. The molecule has 0 aliphatic carbocycles. The van der Waals surface area contributed by atoms with Gasteiger partial charge < -0.3 is 9.64 Å².